The molecule has 0 aromatic heterocycles. The average Bonchev–Trinajstić information content (AvgIpc) is 2.65. The number of para-hydroxylation sites is 1. The van der Waals surface area contributed by atoms with Gasteiger partial charge in [0.1, 0.15) is 11.6 Å². The molecule has 3 rings (SSSR count). The average molecular weight is 387 g/mol. The van der Waals surface area contributed by atoms with Crippen LogP contribution in [-0.2, 0) is 0 Å². The second-order valence-electron chi connectivity index (χ2n) is 5.43. The molecule has 8 heteroatoms. The van der Waals surface area contributed by atoms with Gasteiger partial charge >= 0.3 is 5.69 Å². The summed E-state index contributed by atoms with van der Waals surface area (Å²) in [6, 6.07) is 15.8. The highest BCUT2D eigenvalue weighted by Crippen LogP contribution is 2.33. The number of anilines is 1. The molecule has 0 aliphatic carbocycles. The molecular weight excluding hydrogens is 375 g/mol. The first kappa shape index (κ1) is 18.3. The van der Waals surface area contributed by atoms with E-state index < -0.39 is 16.6 Å². The third-order valence-corrected chi connectivity index (χ3v) is 3.82. The van der Waals surface area contributed by atoms with Crippen molar-refractivity contribution in [3.8, 4) is 11.5 Å². The van der Waals surface area contributed by atoms with E-state index in [1.807, 2.05) is 0 Å². The van der Waals surface area contributed by atoms with Crippen LogP contribution in [0.3, 0.4) is 0 Å². The summed E-state index contributed by atoms with van der Waals surface area (Å²) >= 11 is 5.77. The number of hydrogen-bond donors (Lipinski definition) is 1. The van der Waals surface area contributed by atoms with Crippen LogP contribution in [0.15, 0.2) is 66.7 Å². The summed E-state index contributed by atoms with van der Waals surface area (Å²) < 4.78 is 19.1. The first-order valence-corrected chi connectivity index (χ1v) is 8.09. The molecule has 1 amide bonds. The van der Waals surface area contributed by atoms with Crippen LogP contribution in [0.4, 0.5) is 15.8 Å². The fraction of sp³-hybridized carbons (Fsp3) is 0. The molecule has 3 aromatic rings. The number of nitro groups is 1. The Morgan fingerprint density at radius 1 is 1.07 bits per heavy atom. The minimum atomic E-state index is -0.600. The Balaban J connectivity index is 1.75. The van der Waals surface area contributed by atoms with Gasteiger partial charge in [-0.15, -0.1) is 0 Å². The number of benzene rings is 3. The lowest BCUT2D eigenvalue weighted by Gasteiger charge is -2.09. The molecule has 0 aliphatic rings. The van der Waals surface area contributed by atoms with Gasteiger partial charge in [-0.05, 0) is 48.5 Å². The quantitative estimate of drug-likeness (QED) is 0.468. The highest BCUT2D eigenvalue weighted by Gasteiger charge is 2.17. The Labute approximate surface area is 158 Å². The SMILES string of the molecule is O=C(Nc1ccccc1F)c1ccc(Oc2ccc(Cl)cc2[N+](=O)[O-])cc1. The molecule has 27 heavy (non-hydrogen) atoms. The Hall–Kier alpha value is -3.45. The van der Waals surface area contributed by atoms with E-state index in [0.29, 0.717) is 5.75 Å². The summed E-state index contributed by atoms with van der Waals surface area (Å²) in [5, 5.41) is 13.8. The van der Waals surface area contributed by atoms with Crippen molar-refractivity contribution in [2.45, 2.75) is 0 Å². The van der Waals surface area contributed by atoms with E-state index in [1.165, 1.54) is 60.7 Å². The fourth-order valence-corrected chi connectivity index (χ4v) is 2.44. The molecule has 0 bridgehead atoms. The minimum Gasteiger partial charge on any atom is -0.450 e. The van der Waals surface area contributed by atoms with Gasteiger partial charge in [-0.1, -0.05) is 23.7 Å². The van der Waals surface area contributed by atoms with Crippen molar-refractivity contribution >= 4 is 28.9 Å². The van der Waals surface area contributed by atoms with Gasteiger partial charge in [0.15, 0.2) is 0 Å². The van der Waals surface area contributed by atoms with Gasteiger partial charge in [0.05, 0.1) is 10.6 Å². The van der Waals surface area contributed by atoms with E-state index >= 15 is 0 Å². The maximum absolute atomic E-state index is 13.6. The predicted octanol–water partition coefficient (Wildman–Crippen LogP) is 5.43. The van der Waals surface area contributed by atoms with Crippen LogP contribution in [-0.4, -0.2) is 10.8 Å². The number of nitrogens with zero attached hydrogens (tertiary/aromatic N) is 1. The number of ether oxygens (including phenoxy) is 1. The number of rotatable bonds is 5. The van der Waals surface area contributed by atoms with Crippen molar-refractivity contribution in [1.29, 1.82) is 0 Å². The number of carbonyl (C=O) groups is 1. The monoisotopic (exact) mass is 386 g/mol. The molecule has 1 N–H and O–H groups in total. The zero-order chi connectivity index (χ0) is 19.4. The van der Waals surface area contributed by atoms with Crippen molar-refractivity contribution < 1.29 is 18.8 Å². The van der Waals surface area contributed by atoms with Crippen molar-refractivity contribution in [2.24, 2.45) is 0 Å². The molecule has 0 radical (unpaired) electrons. The van der Waals surface area contributed by atoms with E-state index in [-0.39, 0.29) is 27.7 Å². The molecule has 0 atom stereocenters. The lowest BCUT2D eigenvalue weighted by atomic mass is 10.2. The Morgan fingerprint density at radius 2 is 1.78 bits per heavy atom. The van der Waals surface area contributed by atoms with Crippen LogP contribution < -0.4 is 10.1 Å². The largest absolute Gasteiger partial charge is 0.450 e. The van der Waals surface area contributed by atoms with E-state index in [0.717, 1.165) is 0 Å². The first-order valence-electron chi connectivity index (χ1n) is 7.72. The number of carbonyl (C=O) groups excluding carboxylic acids is 1. The number of nitrogens with one attached hydrogen (secondary N) is 1. The molecule has 0 saturated heterocycles. The van der Waals surface area contributed by atoms with E-state index in [2.05, 4.69) is 5.32 Å². The topological polar surface area (TPSA) is 81.5 Å². The first-order chi connectivity index (χ1) is 12.9. The second-order valence-corrected chi connectivity index (χ2v) is 5.87. The van der Waals surface area contributed by atoms with Crippen molar-refractivity contribution in [3.63, 3.8) is 0 Å². The van der Waals surface area contributed by atoms with Crippen LogP contribution in [0.5, 0.6) is 11.5 Å². The summed E-state index contributed by atoms with van der Waals surface area (Å²) in [6.07, 6.45) is 0. The third kappa shape index (κ3) is 4.39. The highest BCUT2D eigenvalue weighted by atomic mass is 35.5. The standard InChI is InChI=1S/C19H12ClFN2O4/c20-13-7-10-18(17(11-13)23(25)26)27-14-8-5-12(6-9-14)19(24)22-16-4-2-1-3-15(16)21/h1-11H,(H,22,24). The number of hydrogen-bond acceptors (Lipinski definition) is 4. The molecule has 0 aliphatic heterocycles. The van der Waals surface area contributed by atoms with Gasteiger partial charge < -0.3 is 10.1 Å². The van der Waals surface area contributed by atoms with Crippen LogP contribution in [0.1, 0.15) is 10.4 Å². The highest BCUT2D eigenvalue weighted by molar-refractivity contribution is 6.30. The van der Waals surface area contributed by atoms with Crippen molar-refractivity contribution in [2.75, 3.05) is 5.32 Å². The van der Waals surface area contributed by atoms with Gasteiger partial charge in [0, 0.05) is 16.7 Å². The van der Waals surface area contributed by atoms with Crippen LogP contribution in [0, 0.1) is 15.9 Å². The van der Waals surface area contributed by atoms with Crippen LogP contribution in [0.25, 0.3) is 0 Å². The third-order valence-electron chi connectivity index (χ3n) is 3.58. The zero-order valence-corrected chi connectivity index (χ0v) is 14.4. The fourth-order valence-electron chi connectivity index (χ4n) is 2.28. The molecule has 0 unspecified atom stereocenters. The molecule has 136 valence electrons. The van der Waals surface area contributed by atoms with Gasteiger partial charge in [-0.25, -0.2) is 4.39 Å². The van der Waals surface area contributed by atoms with Gasteiger partial charge in [0.2, 0.25) is 5.75 Å². The second kappa shape index (κ2) is 7.84. The number of nitro benzene ring substituents is 1. The summed E-state index contributed by atoms with van der Waals surface area (Å²) in [6.45, 7) is 0. The van der Waals surface area contributed by atoms with Gasteiger partial charge in [0.25, 0.3) is 5.91 Å². The van der Waals surface area contributed by atoms with E-state index in [1.54, 1.807) is 6.07 Å². The summed E-state index contributed by atoms with van der Waals surface area (Å²) in [4.78, 5) is 22.7. The van der Waals surface area contributed by atoms with Gasteiger partial charge in [-0.3, -0.25) is 14.9 Å². The molecule has 0 spiro atoms. The summed E-state index contributed by atoms with van der Waals surface area (Å²) in [5.41, 5.74) is 0.0692. The zero-order valence-electron chi connectivity index (χ0n) is 13.7. The Morgan fingerprint density at radius 3 is 2.44 bits per heavy atom. The van der Waals surface area contributed by atoms with Crippen LogP contribution in [0.2, 0.25) is 5.02 Å². The van der Waals surface area contributed by atoms with E-state index in [9.17, 15) is 19.3 Å². The van der Waals surface area contributed by atoms with Gasteiger partial charge in [-0.2, -0.15) is 0 Å². The maximum Gasteiger partial charge on any atom is 0.313 e. The lowest BCUT2D eigenvalue weighted by molar-refractivity contribution is -0.385. The minimum absolute atomic E-state index is 0.0213. The molecule has 3 aromatic carbocycles. The van der Waals surface area contributed by atoms with E-state index in [4.69, 9.17) is 16.3 Å². The molecule has 0 heterocycles. The lowest BCUT2D eigenvalue weighted by Crippen LogP contribution is -2.12. The number of halogens is 2. The van der Waals surface area contributed by atoms with Crippen molar-refractivity contribution in [1.82, 2.24) is 0 Å². The maximum atomic E-state index is 13.6. The smallest absolute Gasteiger partial charge is 0.313 e. The molecule has 6 nitrogen and oxygen atoms in total. The molecule has 0 saturated carbocycles. The predicted molar refractivity (Wildman–Crippen MR) is 99.0 cm³/mol. The Bertz CT molecular complexity index is 1010. The molecule has 0 fully saturated rings. The molecular formula is C19H12ClFN2O4. The van der Waals surface area contributed by atoms with Crippen molar-refractivity contribution in [3.05, 3.63) is 93.2 Å². The summed E-state index contributed by atoms with van der Waals surface area (Å²) in [5.74, 6) is -0.721. The Kier molecular flexibility index (Phi) is 5.33. The number of amides is 1. The summed E-state index contributed by atoms with van der Waals surface area (Å²) in [7, 11) is 0. The normalized spacial score (nSPS) is 10.3. The van der Waals surface area contributed by atoms with Crippen LogP contribution >= 0.6 is 11.6 Å².